The molecule has 2 aromatic rings. The lowest BCUT2D eigenvalue weighted by Crippen LogP contribution is -2.17. The number of hydrogen-bond donors (Lipinski definition) is 1. The van der Waals surface area contributed by atoms with Gasteiger partial charge >= 0.3 is 5.97 Å². The van der Waals surface area contributed by atoms with Gasteiger partial charge in [-0.1, -0.05) is 6.92 Å². The quantitative estimate of drug-likeness (QED) is 0.817. The molecule has 0 bridgehead atoms. The molecule has 0 fully saturated rings. The van der Waals surface area contributed by atoms with E-state index in [1.807, 2.05) is 20.1 Å². The van der Waals surface area contributed by atoms with E-state index in [-0.39, 0.29) is 17.5 Å². The van der Waals surface area contributed by atoms with E-state index in [2.05, 4.69) is 0 Å². The van der Waals surface area contributed by atoms with Gasteiger partial charge in [0, 0.05) is 22.6 Å². The maximum absolute atomic E-state index is 12.6. The van der Waals surface area contributed by atoms with Crippen LogP contribution < -0.4 is 0 Å². The van der Waals surface area contributed by atoms with Gasteiger partial charge in [-0.2, -0.15) is 11.8 Å². The van der Waals surface area contributed by atoms with Gasteiger partial charge in [-0.25, -0.2) is 4.79 Å². The van der Waals surface area contributed by atoms with Gasteiger partial charge in [-0.15, -0.1) is 0 Å². The Morgan fingerprint density at radius 2 is 2.05 bits per heavy atom. The summed E-state index contributed by atoms with van der Waals surface area (Å²) in [6, 6.07) is 4.94. The number of benzene rings is 1. The lowest BCUT2D eigenvalue weighted by Gasteiger charge is -2.14. The number of ketones is 1. The predicted molar refractivity (Wildman–Crippen MR) is 84.4 cm³/mol. The number of fused-ring (bicyclic) bond motifs is 1. The number of carboxylic acids is 1. The van der Waals surface area contributed by atoms with Crippen LogP contribution in [0.3, 0.4) is 0 Å². The molecule has 0 aliphatic carbocycles. The van der Waals surface area contributed by atoms with Gasteiger partial charge in [0.05, 0.1) is 0 Å². The maximum Gasteiger partial charge on any atom is 0.371 e. The SMILES string of the molecule is CCC(CSC)C(=O)c1cc2cc(C(=O)O)oc2cc1C. The van der Waals surface area contributed by atoms with Crippen molar-refractivity contribution in [2.24, 2.45) is 5.92 Å². The lowest BCUT2D eigenvalue weighted by atomic mass is 9.93. The summed E-state index contributed by atoms with van der Waals surface area (Å²) in [6.07, 6.45) is 2.78. The second-order valence-electron chi connectivity index (χ2n) is 5.05. The number of aromatic carboxylic acids is 1. The number of carbonyl (C=O) groups excluding carboxylic acids is 1. The van der Waals surface area contributed by atoms with Crippen molar-refractivity contribution >= 4 is 34.5 Å². The van der Waals surface area contributed by atoms with Gasteiger partial charge in [0.15, 0.2) is 5.78 Å². The zero-order valence-corrected chi connectivity index (χ0v) is 13.1. The molecule has 1 unspecified atom stereocenters. The molecule has 1 heterocycles. The van der Waals surface area contributed by atoms with Gasteiger partial charge in [-0.05, 0) is 43.4 Å². The summed E-state index contributed by atoms with van der Waals surface area (Å²) in [5.74, 6) is -0.319. The van der Waals surface area contributed by atoms with E-state index < -0.39 is 5.97 Å². The van der Waals surface area contributed by atoms with Crippen molar-refractivity contribution in [2.75, 3.05) is 12.0 Å². The lowest BCUT2D eigenvalue weighted by molar-refractivity contribution is 0.0664. The summed E-state index contributed by atoms with van der Waals surface area (Å²) >= 11 is 1.66. The van der Waals surface area contributed by atoms with Crippen LogP contribution in [0.1, 0.15) is 39.8 Å². The Kier molecular flexibility index (Phi) is 4.73. The Morgan fingerprint density at radius 3 is 2.62 bits per heavy atom. The normalized spacial score (nSPS) is 12.5. The number of carbonyl (C=O) groups is 2. The molecule has 0 aliphatic rings. The summed E-state index contributed by atoms with van der Waals surface area (Å²) in [5.41, 5.74) is 1.97. The second-order valence-corrected chi connectivity index (χ2v) is 5.96. The highest BCUT2D eigenvalue weighted by molar-refractivity contribution is 7.98. The topological polar surface area (TPSA) is 67.5 Å². The summed E-state index contributed by atoms with van der Waals surface area (Å²) < 4.78 is 5.26. The smallest absolute Gasteiger partial charge is 0.371 e. The molecule has 1 N–H and O–H groups in total. The van der Waals surface area contributed by atoms with E-state index in [1.54, 1.807) is 23.9 Å². The molecule has 112 valence electrons. The van der Waals surface area contributed by atoms with E-state index in [1.165, 1.54) is 6.07 Å². The van der Waals surface area contributed by atoms with Crippen LogP contribution in [-0.4, -0.2) is 28.9 Å². The van der Waals surface area contributed by atoms with Gasteiger partial charge in [0.1, 0.15) is 5.58 Å². The van der Waals surface area contributed by atoms with Crippen LogP contribution in [0.15, 0.2) is 22.6 Å². The van der Waals surface area contributed by atoms with Crippen molar-refractivity contribution in [1.29, 1.82) is 0 Å². The first-order valence-corrected chi connectivity index (χ1v) is 8.18. The number of furan rings is 1. The average molecular weight is 306 g/mol. The van der Waals surface area contributed by atoms with E-state index in [0.29, 0.717) is 16.5 Å². The minimum Gasteiger partial charge on any atom is -0.475 e. The van der Waals surface area contributed by atoms with E-state index in [4.69, 9.17) is 9.52 Å². The number of rotatable bonds is 6. The zero-order valence-electron chi connectivity index (χ0n) is 12.3. The van der Waals surface area contributed by atoms with Crippen molar-refractivity contribution in [3.05, 3.63) is 35.1 Å². The van der Waals surface area contributed by atoms with Crippen molar-refractivity contribution in [2.45, 2.75) is 20.3 Å². The minimum atomic E-state index is -1.11. The first-order chi connectivity index (χ1) is 9.97. The summed E-state index contributed by atoms with van der Waals surface area (Å²) in [7, 11) is 0. The van der Waals surface area contributed by atoms with Crippen LogP contribution in [0.2, 0.25) is 0 Å². The monoisotopic (exact) mass is 306 g/mol. The fraction of sp³-hybridized carbons (Fsp3) is 0.375. The molecule has 21 heavy (non-hydrogen) atoms. The van der Waals surface area contributed by atoms with Crippen molar-refractivity contribution < 1.29 is 19.1 Å². The van der Waals surface area contributed by atoms with Crippen molar-refractivity contribution in [3.63, 3.8) is 0 Å². The predicted octanol–water partition coefficient (Wildman–Crippen LogP) is 4.01. The van der Waals surface area contributed by atoms with E-state index in [9.17, 15) is 9.59 Å². The fourth-order valence-corrected chi connectivity index (χ4v) is 3.15. The molecule has 0 saturated carbocycles. The molecule has 0 aliphatic heterocycles. The van der Waals surface area contributed by atoms with Gasteiger partial charge in [-0.3, -0.25) is 4.79 Å². The Balaban J connectivity index is 2.46. The van der Waals surface area contributed by atoms with Gasteiger partial charge in [0.2, 0.25) is 5.76 Å². The first kappa shape index (κ1) is 15.6. The third-order valence-corrected chi connectivity index (χ3v) is 4.31. The van der Waals surface area contributed by atoms with Crippen LogP contribution in [0.4, 0.5) is 0 Å². The summed E-state index contributed by atoms with van der Waals surface area (Å²) in [4.78, 5) is 23.6. The molecule has 0 saturated heterocycles. The molecule has 1 aromatic heterocycles. The maximum atomic E-state index is 12.6. The standard InChI is InChI=1S/C16H18O4S/c1-4-10(8-21-3)15(17)12-6-11-7-14(16(18)19)20-13(11)5-9(12)2/h5-7,10H,4,8H2,1-3H3,(H,18,19). The third-order valence-electron chi connectivity index (χ3n) is 3.57. The molecule has 5 heteroatoms. The molecule has 1 aromatic carbocycles. The molecule has 0 radical (unpaired) electrons. The Morgan fingerprint density at radius 1 is 1.33 bits per heavy atom. The van der Waals surface area contributed by atoms with Crippen LogP contribution in [0.5, 0.6) is 0 Å². The molecule has 1 atom stereocenters. The number of Topliss-reactive ketones (excluding diaryl/α,β-unsaturated/α-hetero) is 1. The Labute approximate surface area is 127 Å². The number of aryl methyl sites for hydroxylation is 1. The minimum absolute atomic E-state index is 0.0120. The molecule has 2 rings (SSSR count). The van der Waals surface area contributed by atoms with Crippen molar-refractivity contribution in [1.82, 2.24) is 0 Å². The number of thioether (sulfide) groups is 1. The highest BCUT2D eigenvalue weighted by Crippen LogP contribution is 2.26. The van der Waals surface area contributed by atoms with Crippen LogP contribution in [-0.2, 0) is 0 Å². The molecule has 4 nitrogen and oxygen atoms in total. The number of hydrogen-bond acceptors (Lipinski definition) is 4. The van der Waals surface area contributed by atoms with E-state index in [0.717, 1.165) is 17.7 Å². The van der Waals surface area contributed by atoms with Crippen LogP contribution in [0.25, 0.3) is 11.0 Å². The van der Waals surface area contributed by atoms with Gasteiger partial charge in [0.25, 0.3) is 0 Å². The average Bonchev–Trinajstić information content (AvgIpc) is 2.86. The van der Waals surface area contributed by atoms with Crippen molar-refractivity contribution in [3.8, 4) is 0 Å². The zero-order chi connectivity index (χ0) is 15.6. The number of carboxylic acid groups (broad SMARTS) is 1. The molecular formula is C16H18O4S. The highest BCUT2D eigenvalue weighted by atomic mass is 32.2. The Bertz CT molecular complexity index is 687. The molecule has 0 spiro atoms. The summed E-state index contributed by atoms with van der Waals surface area (Å²) in [5, 5.41) is 9.62. The Hall–Kier alpha value is -1.75. The first-order valence-electron chi connectivity index (χ1n) is 6.78. The largest absolute Gasteiger partial charge is 0.475 e. The molecule has 0 amide bonds. The molecular weight excluding hydrogens is 288 g/mol. The highest BCUT2D eigenvalue weighted by Gasteiger charge is 2.21. The van der Waals surface area contributed by atoms with Crippen LogP contribution >= 0.6 is 11.8 Å². The van der Waals surface area contributed by atoms with Gasteiger partial charge < -0.3 is 9.52 Å². The van der Waals surface area contributed by atoms with E-state index >= 15 is 0 Å². The fourth-order valence-electron chi connectivity index (χ4n) is 2.36. The third kappa shape index (κ3) is 3.13. The summed E-state index contributed by atoms with van der Waals surface area (Å²) in [6.45, 7) is 3.86. The second kappa shape index (κ2) is 6.35. The van der Waals surface area contributed by atoms with Crippen LogP contribution in [0, 0.1) is 12.8 Å².